The smallest absolute Gasteiger partial charge is 0.242 e. The molecule has 0 saturated heterocycles. The molecule has 1 aromatic heterocycles. The number of likely N-dealkylation sites (N-methyl/N-ethyl adjacent to an activating group) is 1. The van der Waals surface area contributed by atoms with E-state index in [4.69, 9.17) is 4.42 Å². The number of hydrogen-bond donors (Lipinski definition) is 0. The summed E-state index contributed by atoms with van der Waals surface area (Å²) >= 11 is 0. The van der Waals surface area contributed by atoms with E-state index in [1.165, 1.54) is 4.31 Å². The van der Waals surface area contributed by atoms with E-state index in [0.29, 0.717) is 17.9 Å². The highest BCUT2D eigenvalue weighted by Gasteiger charge is 2.20. The molecule has 0 amide bonds. The van der Waals surface area contributed by atoms with Crippen LogP contribution in [0, 0.1) is 6.92 Å². The largest absolute Gasteiger partial charge is 0.469 e. The minimum atomic E-state index is -3.42. The van der Waals surface area contributed by atoms with Crippen LogP contribution in [0.1, 0.15) is 11.3 Å². The van der Waals surface area contributed by atoms with E-state index in [9.17, 15) is 8.42 Å². The van der Waals surface area contributed by atoms with Gasteiger partial charge in [-0.3, -0.25) is 0 Å². The Morgan fingerprint density at radius 1 is 1.16 bits per heavy atom. The van der Waals surface area contributed by atoms with Crippen molar-refractivity contribution in [2.45, 2.75) is 18.2 Å². The van der Waals surface area contributed by atoms with Gasteiger partial charge in [-0.2, -0.15) is 0 Å². The number of benzene rings is 1. The Kier molecular flexibility index (Phi) is 4.07. The van der Waals surface area contributed by atoms with E-state index in [1.807, 2.05) is 13.0 Å². The quantitative estimate of drug-likeness (QED) is 0.844. The number of furan rings is 1. The van der Waals surface area contributed by atoms with Crippen molar-refractivity contribution in [2.24, 2.45) is 0 Å². The Balaban J connectivity index is 2.08. The molecule has 5 heteroatoms. The van der Waals surface area contributed by atoms with E-state index in [-0.39, 0.29) is 0 Å². The standard InChI is InChI=1S/C14H17NO3S/c1-12-5-7-14(8-6-12)19(16,17)15(2)10-9-13-4-3-11-18-13/h3-8,11H,9-10H2,1-2H3. The average molecular weight is 279 g/mol. The van der Waals surface area contributed by atoms with Gasteiger partial charge in [0.05, 0.1) is 11.2 Å². The van der Waals surface area contributed by atoms with Crippen molar-refractivity contribution in [1.29, 1.82) is 0 Å². The Hall–Kier alpha value is -1.59. The van der Waals surface area contributed by atoms with Crippen LogP contribution in [-0.2, 0) is 16.4 Å². The highest BCUT2D eigenvalue weighted by Crippen LogP contribution is 2.15. The summed E-state index contributed by atoms with van der Waals surface area (Å²) in [5.41, 5.74) is 1.04. The van der Waals surface area contributed by atoms with E-state index < -0.39 is 10.0 Å². The first-order chi connectivity index (χ1) is 9.00. The maximum absolute atomic E-state index is 12.3. The SMILES string of the molecule is Cc1ccc(S(=O)(=O)N(C)CCc2ccco2)cc1. The number of aryl methyl sites for hydroxylation is 1. The van der Waals surface area contributed by atoms with Crippen LogP contribution in [-0.4, -0.2) is 26.3 Å². The molecule has 0 aliphatic heterocycles. The van der Waals surface area contributed by atoms with Crippen molar-refractivity contribution in [1.82, 2.24) is 4.31 Å². The van der Waals surface area contributed by atoms with Crippen LogP contribution < -0.4 is 0 Å². The van der Waals surface area contributed by atoms with E-state index in [2.05, 4.69) is 0 Å². The number of nitrogens with zero attached hydrogens (tertiary/aromatic N) is 1. The second-order valence-electron chi connectivity index (χ2n) is 4.47. The Morgan fingerprint density at radius 3 is 2.42 bits per heavy atom. The molecular weight excluding hydrogens is 262 g/mol. The highest BCUT2D eigenvalue weighted by atomic mass is 32.2. The maximum atomic E-state index is 12.3. The first-order valence-corrected chi connectivity index (χ1v) is 7.49. The highest BCUT2D eigenvalue weighted by molar-refractivity contribution is 7.89. The molecule has 1 aromatic carbocycles. The number of sulfonamides is 1. The summed E-state index contributed by atoms with van der Waals surface area (Å²) < 4.78 is 31.1. The van der Waals surface area contributed by atoms with Gasteiger partial charge < -0.3 is 4.42 Å². The van der Waals surface area contributed by atoms with Gasteiger partial charge in [-0.15, -0.1) is 0 Å². The molecule has 0 aliphatic carbocycles. The van der Waals surface area contributed by atoms with Gasteiger partial charge in [-0.25, -0.2) is 12.7 Å². The molecule has 1 heterocycles. The van der Waals surface area contributed by atoms with Crippen LogP contribution in [0.3, 0.4) is 0 Å². The Morgan fingerprint density at radius 2 is 1.84 bits per heavy atom. The molecule has 102 valence electrons. The van der Waals surface area contributed by atoms with Crippen molar-refractivity contribution in [3.05, 3.63) is 54.0 Å². The van der Waals surface area contributed by atoms with Crippen molar-refractivity contribution in [2.75, 3.05) is 13.6 Å². The van der Waals surface area contributed by atoms with Crippen LogP contribution in [0.5, 0.6) is 0 Å². The summed E-state index contributed by atoms with van der Waals surface area (Å²) in [6, 6.07) is 10.5. The summed E-state index contributed by atoms with van der Waals surface area (Å²) in [5, 5.41) is 0. The third-order valence-corrected chi connectivity index (χ3v) is 4.85. The molecular formula is C14H17NO3S. The minimum Gasteiger partial charge on any atom is -0.469 e. The number of hydrogen-bond acceptors (Lipinski definition) is 3. The Labute approximate surface area is 113 Å². The van der Waals surface area contributed by atoms with Crippen LogP contribution in [0.4, 0.5) is 0 Å². The molecule has 0 unspecified atom stereocenters. The fraction of sp³-hybridized carbons (Fsp3) is 0.286. The molecule has 19 heavy (non-hydrogen) atoms. The normalized spacial score (nSPS) is 11.9. The molecule has 0 bridgehead atoms. The van der Waals surface area contributed by atoms with E-state index >= 15 is 0 Å². The molecule has 0 atom stereocenters. The third-order valence-electron chi connectivity index (χ3n) is 2.98. The van der Waals surface area contributed by atoms with Crippen LogP contribution in [0.25, 0.3) is 0 Å². The lowest BCUT2D eigenvalue weighted by Gasteiger charge is -2.16. The molecule has 4 nitrogen and oxygen atoms in total. The second-order valence-corrected chi connectivity index (χ2v) is 6.51. The summed E-state index contributed by atoms with van der Waals surface area (Å²) in [6.07, 6.45) is 2.15. The number of rotatable bonds is 5. The van der Waals surface area contributed by atoms with Gasteiger partial charge in [0, 0.05) is 20.0 Å². The van der Waals surface area contributed by atoms with Crippen LogP contribution in [0.2, 0.25) is 0 Å². The lowest BCUT2D eigenvalue weighted by Crippen LogP contribution is -2.28. The summed E-state index contributed by atoms with van der Waals surface area (Å²) in [5.74, 6) is 0.783. The fourth-order valence-electron chi connectivity index (χ4n) is 1.73. The molecule has 0 N–H and O–H groups in total. The fourth-order valence-corrected chi connectivity index (χ4v) is 2.90. The zero-order chi connectivity index (χ0) is 13.9. The van der Waals surface area contributed by atoms with Gasteiger partial charge in [-0.1, -0.05) is 17.7 Å². The molecule has 0 saturated carbocycles. The van der Waals surface area contributed by atoms with Crippen molar-refractivity contribution in [3.8, 4) is 0 Å². The lowest BCUT2D eigenvalue weighted by molar-refractivity contribution is 0.441. The average Bonchev–Trinajstić information content (AvgIpc) is 2.89. The maximum Gasteiger partial charge on any atom is 0.242 e. The van der Waals surface area contributed by atoms with Crippen molar-refractivity contribution < 1.29 is 12.8 Å². The van der Waals surface area contributed by atoms with Gasteiger partial charge in [0.25, 0.3) is 0 Å². The summed E-state index contributed by atoms with van der Waals surface area (Å²) in [4.78, 5) is 0.319. The third kappa shape index (κ3) is 3.24. The van der Waals surface area contributed by atoms with Crippen LogP contribution in [0.15, 0.2) is 52.0 Å². The summed E-state index contributed by atoms with van der Waals surface area (Å²) in [7, 11) is -1.84. The zero-order valence-corrected chi connectivity index (χ0v) is 11.9. The van der Waals surface area contributed by atoms with Crippen LogP contribution >= 0.6 is 0 Å². The van der Waals surface area contributed by atoms with E-state index in [1.54, 1.807) is 43.6 Å². The van der Waals surface area contributed by atoms with Gasteiger partial charge in [-0.05, 0) is 31.2 Å². The molecule has 2 rings (SSSR count). The predicted octanol–water partition coefficient (Wildman–Crippen LogP) is 2.45. The first kappa shape index (κ1) is 13.8. The monoisotopic (exact) mass is 279 g/mol. The predicted molar refractivity (Wildman–Crippen MR) is 73.4 cm³/mol. The van der Waals surface area contributed by atoms with Gasteiger partial charge >= 0.3 is 0 Å². The molecule has 0 radical (unpaired) electrons. The molecule has 0 aliphatic rings. The van der Waals surface area contributed by atoms with Crippen molar-refractivity contribution >= 4 is 10.0 Å². The molecule has 0 spiro atoms. The Bertz CT molecular complexity index is 615. The molecule has 0 fully saturated rings. The lowest BCUT2D eigenvalue weighted by atomic mass is 10.2. The first-order valence-electron chi connectivity index (χ1n) is 6.05. The second kappa shape index (κ2) is 5.59. The van der Waals surface area contributed by atoms with E-state index in [0.717, 1.165) is 11.3 Å². The van der Waals surface area contributed by atoms with Crippen molar-refractivity contribution in [3.63, 3.8) is 0 Å². The molecule has 2 aromatic rings. The minimum absolute atomic E-state index is 0.319. The van der Waals surface area contributed by atoms with Gasteiger partial charge in [0.2, 0.25) is 10.0 Å². The summed E-state index contributed by atoms with van der Waals surface area (Å²) in [6.45, 7) is 2.32. The zero-order valence-electron chi connectivity index (χ0n) is 11.0. The topological polar surface area (TPSA) is 50.5 Å². The van der Waals surface area contributed by atoms with Gasteiger partial charge in [0.15, 0.2) is 0 Å². The van der Waals surface area contributed by atoms with Gasteiger partial charge in [0.1, 0.15) is 5.76 Å².